The lowest BCUT2D eigenvalue weighted by atomic mass is 10.0. The highest BCUT2D eigenvalue weighted by molar-refractivity contribution is 5.81. The van der Waals surface area contributed by atoms with Gasteiger partial charge in [-0.25, -0.2) is 0 Å². The molecule has 3 heteroatoms. The minimum absolute atomic E-state index is 0.158. The van der Waals surface area contributed by atoms with Crippen LogP contribution in [0.3, 0.4) is 0 Å². The van der Waals surface area contributed by atoms with E-state index < -0.39 is 0 Å². The van der Waals surface area contributed by atoms with Crippen molar-refractivity contribution in [3.05, 3.63) is 0 Å². The Hall–Kier alpha value is -0.570. The number of amides is 1. The zero-order valence-electron chi connectivity index (χ0n) is 10.0. The second kappa shape index (κ2) is 6.11. The van der Waals surface area contributed by atoms with Crippen molar-refractivity contribution in [3.63, 3.8) is 0 Å². The Morgan fingerprint density at radius 2 is 1.73 bits per heavy atom. The summed E-state index contributed by atoms with van der Waals surface area (Å²) in [7, 11) is 0. The summed E-state index contributed by atoms with van der Waals surface area (Å²) in [5, 5.41) is 0. The van der Waals surface area contributed by atoms with Crippen molar-refractivity contribution in [1.82, 2.24) is 4.90 Å². The standard InChI is InChI=1S/C12H24N2O/c1-10(2)9-11(13)12(15)14-7-5-3-4-6-8-14/h10-11H,3-9,13H2,1-2H3/t11-/m1/s1. The van der Waals surface area contributed by atoms with Crippen molar-refractivity contribution in [3.8, 4) is 0 Å². The van der Waals surface area contributed by atoms with Crippen LogP contribution in [0.5, 0.6) is 0 Å². The topological polar surface area (TPSA) is 46.3 Å². The zero-order valence-corrected chi connectivity index (χ0v) is 10.0. The first-order valence-corrected chi connectivity index (χ1v) is 6.15. The van der Waals surface area contributed by atoms with Gasteiger partial charge in [0, 0.05) is 13.1 Å². The van der Waals surface area contributed by atoms with Crippen LogP contribution >= 0.6 is 0 Å². The zero-order chi connectivity index (χ0) is 11.3. The quantitative estimate of drug-likeness (QED) is 0.775. The van der Waals surface area contributed by atoms with Gasteiger partial charge in [0.25, 0.3) is 0 Å². The van der Waals surface area contributed by atoms with Crippen molar-refractivity contribution in [2.75, 3.05) is 13.1 Å². The smallest absolute Gasteiger partial charge is 0.239 e. The maximum absolute atomic E-state index is 12.0. The van der Waals surface area contributed by atoms with Gasteiger partial charge in [0.1, 0.15) is 0 Å². The number of hydrogen-bond donors (Lipinski definition) is 1. The van der Waals surface area contributed by atoms with Crippen LogP contribution in [0.1, 0.15) is 46.0 Å². The van der Waals surface area contributed by atoms with E-state index in [4.69, 9.17) is 5.73 Å². The molecule has 1 fully saturated rings. The lowest BCUT2D eigenvalue weighted by Crippen LogP contribution is -2.44. The fraction of sp³-hybridized carbons (Fsp3) is 0.917. The lowest BCUT2D eigenvalue weighted by molar-refractivity contribution is -0.132. The number of nitrogens with zero attached hydrogens (tertiary/aromatic N) is 1. The van der Waals surface area contributed by atoms with Crippen molar-refractivity contribution in [1.29, 1.82) is 0 Å². The van der Waals surface area contributed by atoms with Gasteiger partial charge in [-0.1, -0.05) is 26.7 Å². The molecule has 0 unspecified atom stereocenters. The van der Waals surface area contributed by atoms with Crippen LogP contribution in [0, 0.1) is 5.92 Å². The summed E-state index contributed by atoms with van der Waals surface area (Å²) in [5.41, 5.74) is 5.91. The number of carbonyl (C=O) groups excluding carboxylic acids is 1. The molecule has 1 heterocycles. The number of carbonyl (C=O) groups is 1. The van der Waals surface area contributed by atoms with E-state index in [9.17, 15) is 4.79 Å². The molecule has 0 bridgehead atoms. The third-order valence-corrected chi connectivity index (χ3v) is 2.96. The summed E-state index contributed by atoms with van der Waals surface area (Å²) in [6, 6.07) is -0.289. The van der Waals surface area contributed by atoms with E-state index in [1.165, 1.54) is 12.8 Å². The second-order valence-corrected chi connectivity index (χ2v) is 4.98. The third-order valence-electron chi connectivity index (χ3n) is 2.96. The number of rotatable bonds is 3. The van der Waals surface area contributed by atoms with Crippen LogP contribution < -0.4 is 5.73 Å². The molecule has 15 heavy (non-hydrogen) atoms. The first-order valence-electron chi connectivity index (χ1n) is 6.15. The number of hydrogen-bond acceptors (Lipinski definition) is 2. The third kappa shape index (κ3) is 4.20. The Morgan fingerprint density at radius 3 is 2.20 bits per heavy atom. The highest BCUT2D eigenvalue weighted by Gasteiger charge is 2.22. The summed E-state index contributed by atoms with van der Waals surface area (Å²) in [5.74, 6) is 0.654. The van der Waals surface area contributed by atoms with Gasteiger partial charge in [-0.3, -0.25) is 4.79 Å². The van der Waals surface area contributed by atoms with Gasteiger partial charge >= 0.3 is 0 Å². The van der Waals surface area contributed by atoms with E-state index in [0.29, 0.717) is 5.92 Å². The molecule has 2 N–H and O–H groups in total. The average molecular weight is 212 g/mol. The Morgan fingerprint density at radius 1 is 1.20 bits per heavy atom. The summed E-state index contributed by atoms with van der Waals surface area (Å²) >= 11 is 0. The highest BCUT2D eigenvalue weighted by Crippen LogP contribution is 2.12. The molecular formula is C12H24N2O. The molecule has 0 aromatic heterocycles. The van der Waals surface area contributed by atoms with E-state index in [1.54, 1.807) is 0 Å². The Balaban J connectivity index is 2.42. The molecule has 0 aromatic carbocycles. The van der Waals surface area contributed by atoms with Crippen LogP contribution in [0.2, 0.25) is 0 Å². The minimum Gasteiger partial charge on any atom is -0.341 e. The molecule has 3 nitrogen and oxygen atoms in total. The van der Waals surface area contributed by atoms with E-state index in [1.807, 2.05) is 4.90 Å². The summed E-state index contributed by atoms with van der Waals surface area (Å²) in [6.07, 6.45) is 5.59. The maximum Gasteiger partial charge on any atom is 0.239 e. The van der Waals surface area contributed by atoms with Gasteiger partial charge in [0.05, 0.1) is 6.04 Å². The fourth-order valence-corrected chi connectivity index (χ4v) is 2.13. The molecule has 1 aliphatic rings. The molecule has 0 aromatic rings. The number of nitrogens with two attached hydrogens (primary N) is 1. The highest BCUT2D eigenvalue weighted by atomic mass is 16.2. The van der Waals surface area contributed by atoms with Gasteiger partial charge in [0.2, 0.25) is 5.91 Å². The minimum atomic E-state index is -0.289. The molecule has 0 radical (unpaired) electrons. The van der Waals surface area contributed by atoms with Gasteiger partial charge in [-0.2, -0.15) is 0 Å². The first kappa shape index (κ1) is 12.5. The van der Waals surface area contributed by atoms with Gasteiger partial charge in [-0.15, -0.1) is 0 Å². The Labute approximate surface area is 93.0 Å². The Bertz CT molecular complexity index is 196. The molecule has 1 atom stereocenters. The van der Waals surface area contributed by atoms with Gasteiger partial charge < -0.3 is 10.6 Å². The molecule has 1 saturated heterocycles. The molecule has 1 amide bonds. The molecule has 0 aliphatic carbocycles. The van der Waals surface area contributed by atoms with Crippen LogP contribution in [0.4, 0.5) is 0 Å². The normalized spacial score (nSPS) is 20.1. The van der Waals surface area contributed by atoms with Crippen LogP contribution in [-0.2, 0) is 4.79 Å². The van der Waals surface area contributed by atoms with Gasteiger partial charge in [0.15, 0.2) is 0 Å². The van der Waals surface area contributed by atoms with E-state index in [-0.39, 0.29) is 11.9 Å². The molecule has 88 valence electrons. The van der Waals surface area contributed by atoms with Crippen molar-refractivity contribution in [2.45, 2.75) is 52.0 Å². The first-order chi connectivity index (χ1) is 7.11. The lowest BCUT2D eigenvalue weighted by Gasteiger charge is -2.24. The second-order valence-electron chi connectivity index (χ2n) is 4.98. The van der Waals surface area contributed by atoms with Crippen LogP contribution in [0.25, 0.3) is 0 Å². The average Bonchev–Trinajstić information content (AvgIpc) is 2.43. The molecule has 0 spiro atoms. The predicted molar refractivity (Wildman–Crippen MR) is 62.5 cm³/mol. The largest absolute Gasteiger partial charge is 0.341 e. The van der Waals surface area contributed by atoms with E-state index in [2.05, 4.69) is 13.8 Å². The summed E-state index contributed by atoms with van der Waals surface area (Å²) < 4.78 is 0. The van der Waals surface area contributed by atoms with Crippen LogP contribution in [-0.4, -0.2) is 29.9 Å². The van der Waals surface area contributed by atoms with Crippen molar-refractivity contribution in [2.24, 2.45) is 11.7 Å². The molecular weight excluding hydrogens is 188 g/mol. The maximum atomic E-state index is 12.0. The molecule has 1 aliphatic heterocycles. The molecule has 0 saturated carbocycles. The summed E-state index contributed by atoms with van der Waals surface area (Å²) in [6.45, 7) is 6.03. The number of likely N-dealkylation sites (tertiary alicyclic amines) is 1. The van der Waals surface area contributed by atoms with E-state index >= 15 is 0 Å². The molecule has 1 rings (SSSR count). The van der Waals surface area contributed by atoms with Gasteiger partial charge in [-0.05, 0) is 25.2 Å². The van der Waals surface area contributed by atoms with Crippen molar-refractivity contribution < 1.29 is 4.79 Å². The fourth-order valence-electron chi connectivity index (χ4n) is 2.13. The Kier molecular flexibility index (Phi) is 5.09. The SMILES string of the molecule is CC(C)C[C@@H](N)C(=O)N1CCCCCC1. The van der Waals surface area contributed by atoms with Crippen LogP contribution in [0.15, 0.2) is 0 Å². The summed E-state index contributed by atoms with van der Waals surface area (Å²) in [4.78, 5) is 13.9. The monoisotopic (exact) mass is 212 g/mol. The van der Waals surface area contributed by atoms with Crippen molar-refractivity contribution >= 4 is 5.91 Å². The predicted octanol–water partition coefficient (Wildman–Crippen LogP) is 1.76. The van der Waals surface area contributed by atoms with E-state index in [0.717, 1.165) is 32.4 Å².